The summed E-state index contributed by atoms with van der Waals surface area (Å²) in [5, 5.41) is 4.21. The Morgan fingerprint density at radius 2 is 1.68 bits per heavy atom. The fourth-order valence-electron chi connectivity index (χ4n) is 4.09. The second-order valence-electron chi connectivity index (χ2n) is 7.83. The Morgan fingerprint density at radius 1 is 0.871 bits per heavy atom. The van der Waals surface area contributed by atoms with Gasteiger partial charge in [0.25, 0.3) is 0 Å². The van der Waals surface area contributed by atoms with Crippen molar-refractivity contribution in [1.29, 1.82) is 0 Å². The topological polar surface area (TPSA) is 46.0 Å². The van der Waals surface area contributed by atoms with Crippen LogP contribution in [0.4, 0.5) is 5.69 Å². The average Bonchev–Trinajstić information content (AvgIpc) is 3.40. The molecular weight excluding hydrogens is 402 g/mol. The van der Waals surface area contributed by atoms with E-state index in [1.165, 1.54) is 5.56 Å². The minimum Gasteiger partial charge on any atom is -0.351 e. The van der Waals surface area contributed by atoms with Gasteiger partial charge >= 0.3 is 0 Å². The molecule has 31 heavy (non-hydrogen) atoms. The van der Waals surface area contributed by atoms with Crippen molar-refractivity contribution in [1.82, 2.24) is 19.9 Å². The molecule has 0 spiro atoms. The molecule has 0 aliphatic carbocycles. The van der Waals surface area contributed by atoms with E-state index >= 15 is 0 Å². The van der Waals surface area contributed by atoms with E-state index in [2.05, 4.69) is 80.3 Å². The number of pyridine rings is 2. The number of hydrogen-bond donors (Lipinski definition) is 1. The summed E-state index contributed by atoms with van der Waals surface area (Å²) >= 11 is 5.82. The first kappa shape index (κ1) is 19.5. The molecule has 1 aliphatic heterocycles. The van der Waals surface area contributed by atoms with Crippen molar-refractivity contribution >= 4 is 23.0 Å². The summed E-state index contributed by atoms with van der Waals surface area (Å²) in [5.41, 5.74) is 5.45. The first-order chi connectivity index (χ1) is 15.1. The van der Waals surface area contributed by atoms with E-state index in [4.69, 9.17) is 12.2 Å². The first-order valence-electron chi connectivity index (χ1n) is 10.3. The molecule has 4 aromatic rings. The monoisotopic (exact) mass is 425 g/mol. The number of benzene rings is 1. The van der Waals surface area contributed by atoms with Crippen LogP contribution < -0.4 is 10.2 Å². The van der Waals surface area contributed by atoms with Crippen molar-refractivity contribution in [3.8, 4) is 5.82 Å². The van der Waals surface area contributed by atoms with Crippen LogP contribution in [0, 0.1) is 13.8 Å². The number of nitrogens with zero attached hydrogens (tertiary/aromatic N) is 4. The average molecular weight is 426 g/mol. The van der Waals surface area contributed by atoms with Gasteiger partial charge in [-0.3, -0.25) is 4.98 Å². The van der Waals surface area contributed by atoms with Crippen LogP contribution in [-0.4, -0.2) is 19.6 Å². The van der Waals surface area contributed by atoms with Gasteiger partial charge in [-0.2, -0.15) is 0 Å². The Balaban J connectivity index is 1.66. The van der Waals surface area contributed by atoms with E-state index in [9.17, 15) is 0 Å². The fraction of sp³-hybridized carbons (Fsp3) is 0.160. The van der Waals surface area contributed by atoms with Gasteiger partial charge < -0.3 is 14.8 Å². The highest BCUT2D eigenvalue weighted by molar-refractivity contribution is 7.80. The molecule has 0 amide bonds. The van der Waals surface area contributed by atoms with Crippen LogP contribution >= 0.6 is 12.2 Å². The molecule has 2 atom stereocenters. The van der Waals surface area contributed by atoms with Crippen molar-refractivity contribution < 1.29 is 0 Å². The summed E-state index contributed by atoms with van der Waals surface area (Å²) in [5.74, 6) is 0.882. The summed E-state index contributed by atoms with van der Waals surface area (Å²) in [6.45, 7) is 4.13. The maximum absolute atomic E-state index is 5.82. The minimum absolute atomic E-state index is 0.0804. The lowest BCUT2D eigenvalue weighted by Crippen LogP contribution is -2.30. The molecule has 5 nitrogen and oxygen atoms in total. The van der Waals surface area contributed by atoms with Crippen molar-refractivity contribution in [3.63, 3.8) is 0 Å². The van der Waals surface area contributed by atoms with Crippen LogP contribution in [0.15, 0.2) is 85.3 Å². The van der Waals surface area contributed by atoms with Gasteiger partial charge in [-0.05, 0) is 74.1 Å². The highest BCUT2D eigenvalue weighted by Gasteiger charge is 2.42. The Labute approximate surface area is 187 Å². The van der Waals surface area contributed by atoms with Crippen molar-refractivity contribution in [2.24, 2.45) is 0 Å². The third-order valence-electron chi connectivity index (χ3n) is 5.64. The summed E-state index contributed by atoms with van der Waals surface area (Å²) < 4.78 is 2.14. The maximum Gasteiger partial charge on any atom is 0.174 e. The maximum atomic E-state index is 5.82. The number of aryl methyl sites for hydroxylation is 2. The largest absolute Gasteiger partial charge is 0.351 e. The molecule has 6 heteroatoms. The third kappa shape index (κ3) is 3.59. The van der Waals surface area contributed by atoms with Crippen molar-refractivity contribution in [3.05, 3.63) is 108 Å². The molecule has 1 aromatic carbocycles. The number of anilines is 1. The van der Waals surface area contributed by atoms with Crippen molar-refractivity contribution in [2.75, 3.05) is 4.90 Å². The smallest absolute Gasteiger partial charge is 0.174 e. The summed E-state index contributed by atoms with van der Waals surface area (Å²) in [6.07, 6.45) is 5.77. The molecule has 5 rings (SSSR count). The number of thiocarbonyl (C=S) groups is 1. The summed E-state index contributed by atoms with van der Waals surface area (Å²) in [7, 11) is 0. The van der Waals surface area contributed by atoms with Gasteiger partial charge in [-0.25, -0.2) is 4.98 Å². The van der Waals surface area contributed by atoms with E-state index < -0.39 is 0 Å². The standard InChI is InChI=1S/C25H23N5S/c1-17-8-11-19(12-9-17)30-24(23(28-25(30)31)20-6-3-4-14-26-20)21-7-5-15-29(21)22-13-10-18(2)16-27-22/h3-16,23-24H,1-2H3,(H,28,31)/t23-,24-/m0/s1. The van der Waals surface area contributed by atoms with Gasteiger partial charge in [-0.15, -0.1) is 0 Å². The number of hydrogen-bond acceptors (Lipinski definition) is 3. The molecule has 1 saturated heterocycles. The second-order valence-corrected chi connectivity index (χ2v) is 8.22. The minimum atomic E-state index is -0.0888. The molecule has 0 radical (unpaired) electrons. The van der Waals surface area contributed by atoms with Gasteiger partial charge in [-0.1, -0.05) is 29.8 Å². The lowest BCUT2D eigenvalue weighted by atomic mass is 10.0. The predicted octanol–water partition coefficient (Wildman–Crippen LogP) is 5.06. The molecule has 1 aliphatic rings. The van der Waals surface area contributed by atoms with Gasteiger partial charge in [0.2, 0.25) is 0 Å². The molecule has 0 unspecified atom stereocenters. The Hall–Kier alpha value is -3.51. The Kier molecular flexibility index (Phi) is 5.00. The predicted molar refractivity (Wildman–Crippen MR) is 127 cm³/mol. The van der Waals surface area contributed by atoms with E-state index in [0.29, 0.717) is 5.11 Å². The zero-order valence-corrected chi connectivity index (χ0v) is 18.3. The lowest BCUT2D eigenvalue weighted by Gasteiger charge is -2.29. The normalized spacial score (nSPS) is 18.3. The molecule has 154 valence electrons. The molecule has 3 aromatic heterocycles. The summed E-state index contributed by atoms with van der Waals surface area (Å²) in [4.78, 5) is 11.5. The zero-order chi connectivity index (χ0) is 21.4. The van der Waals surface area contributed by atoms with Crippen LogP contribution in [0.3, 0.4) is 0 Å². The SMILES string of the molecule is Cc1ccc(N2C(=S)N[C@@H](c3ccccn3)[C@@H]2c2cccn2-c2ccc(C)cn2)cc1. The van der Waals surface area contributed by atoms with Crippen molar-refractivity contribution in [2.45, 2.75) is 25.9 Å². The van der Waals surface area contributed by atoms with E-state index in [0.717, 1.165) is 28.5 Å². The Bertz CT molecular complexity index is 1200. The third-order valence-corrected chi connectivity index (χ3v) is 5.95. The molecular formula is C25H23N5S. The van der Waals surface area contributed by atoms with Gasteiger partial charge in [0.1, 0.15) is 11.9 Å². The van der Waals surface area contributed by atoms with Gasteiger partial charge in [0, 0.05) is 30.0 Å². The molecule has 4 heterocycles. The highest BCUT2D eigenvalue weighted by atomic mass is 32.1. The van der Waals surface area contributed by atoms with Crippen LogP contribution in [0.5, 0.6) is 0 Å². The number of rotatable bonds is 4. The van der Waals surface area contributed by atoms with Crippen LogP contribution in [0.2, 0.25) is 0 Å². The quantitative estimate of drug-likeness (QED) is 0.463. The van der Waals surface area contributed by atoms with Crippen LogP contribution in [0.25, 0.3) is 5.82 Å². The lowest BCUT2D eigenvalue weighted by molar-refractivity contribution is 0.548. The van der Waals surface area contributed by atoms with E-state index in [-0.39, 0.29) is 12.1 Å². The molecule has 0 bridgehead atoms. The molecule has 0 saturated carbocycles. The first-order valence-corrected chi connectivity index (χ1v) is 10.7. The number of aromatic nitrogens is 3. The zero-order valence-electron chi connectivity index (χ0n) is 17.4. The van der Waals surface area contributed by atoms with Gasteiger partial charge in [0.15, 0.2) is 5.11 Å². The highest BCUT2D eigenvalue weighted by Crippen LogP contribution is 2.42. The summed E-state index contributed by atoms with van der Waals surface area (Å²) in [6, 6.07) is 22.6. The number of nitrogens with one attached hydrogen (secondary N) is 1. The van der Waals surface area contributed by atoms with Gasteiger partial charge in [0.05, 0.1) is 11.7 Å². The van der Waals surface area contributed by atoms with E-state index in [1.54, 1.807) is 0 Å². The van der Waals surface area contributed by atoms with Crippen LogP contribution in [-0.2, 0) is 0 Å². The molecule has 1 fully saturated rings. The fourth-order valence-corrected chi connectivity index (χ4v) is 4.43. The second kappa shape index (κ2) is 7.96. The van der Waals surface area contributed by atoms with E-state index in [1.807, 2.05) is 43.6 Å². The molecule has 1 N–H and O–H groups in total. The Morgan fingerprint density at radius 3 is 2.39 bits per heavy atom. The van der Waals surface area contributed by atoms with Crippen LogP contribution in [0.1, 0.15) is 34.6 Å².